The van der Waals surface area contributed by atoms with Crippen molar-refractivity contribution in [3.63, 3.8) is 0 Å². The van der Waals surface area contributed by atoms with Gasteiger partial charge in [0, 0.05) is 31.4 Å². The van der Waals surface area contributed by atoms with E-state index in [0.717, 1.165) is 30.3 Å². The second-order valence-corrected chi connectivity index (χ2v) is 4.02. The van der Waals surface area contributed by atoms with Crippen LogP contribution in [0.5, 0.6) is 0 Å². The largest absolute Gasteiger partial charge is 0.356 e. The molecule has 1 aromatic rings. The number of hydrogen-bond acceptors (Lipinski definition) is 4. The molecule has 1 aliphatic rings. The standard InChI is InChI=1S/C11H18N4/c1-9-13-8-10(7-12)11(14-9)15-5-3-2-4-6-15/h8H,2-7,12H2,1H3. The van der Waals surface area contributed by atoms with Gasteiger partial charge in [-0.1, -0.05) is 0 Å². The van der Waals surface area contributed by atoms with Crippen molar-refractivity contribution in [2.45, 2.75) is 32.7 Å². The zero-order valence-corrected chi connectivity index (χ0v) is 9.24. The maximum atomic E-state index is 5.70. The fraction of sp³-hybridized carbons (Fsp3) is 0.636. The summed E-state index contributed by atoms with van der Waals surface area (Å²) < 4.78 is 0. The third kappa shape index (κ3) is 2.26. The Morgan fingerprint density at radius 3 is 2.73 bits per heavy atom. The number of hydrogen-bond donors (Lipinski definition) is 1. The van der Waals surface area contributed by atoms with Crippen LogP contribution in [0.15, 0.2) is 6.20 Å². The Morgan fingerprint density at radius 1 is 1.33 bits per heavy atom. The fourth-order valence-corrected chi connectivity index (χ4v) is 2.01. The maximum Gasteiger partial charge on any atom is 0.136 e. The van der Waals surface area contributed by atoms with Crippen molar-refractivity contribution in [1.29, 1.82) is 0 Å². The summed E-state index contributed by atoms with van der Waals surface area (Å²) in [6.07, 6.45) is 5.70. The van der Waals surface area contributed by atoms with E-state index in [0.29, 0.717) is 6.54 Å². The van der Waals surface area contributed by atoms with Gasteiger partial charge in [0.25, 0.3) is 0 Å². The predicted octanol–water partition coefficient (Wildman–Crippen LogP) is 1.23. The summed E-state index contributed by atoms with van der Waals surface area (Å²) in [6, 6.07) is 0. The van der Waals surface area contributed by atoms with E-state index in [1.807, 2.05) is 13.1 Å². The fourth-order valence-electron chi connectivity index (χ4n) is 2.01. The van der Waals surface area contributed by atoms with Crippen molar-refractivity contribution >= 4 is 5.82 Å². The SMILES string of the molecule is Cc1ncc(CN)c(N2CCCCC2)n1. The van der Waals surface area contributed by atoms with Gasteiger partial charge in [-0.15, -0.1) is 0 Å². The first kappa shape index (κ1) is 10.4. The summed E-state index contributed by atoms with van der Waals surface area (Å²) in [6.45, 7) is 4.65. The minimum atomic E-state index is 0.520. The normalized spacial score (nSPS) is 16.8. The zero-order chi connectivity index (χ0) is 10.7. The van der Waals surface area contributed by atoms with Crippen LogP contribution in [-0.2, 0) is 6.54 Å². The van der Waals surface area contributed by atoms with Crippen molar-refractivity contribution in [1.82, 2.24) is 9.97 Å². The molecule has 0 spiro atoms. The summed E-state index contributed by atoms with van der Waals surface area (Å²) in [7, 11) is 0. The Hall–Kier alpha value is -1.16. The lowest BCUT2D eigenvalue weighted by Gasteiger charge is -2.29. The van der Waals surface area contributed by atoms with Gasteiger partial charge in [-0.2, -0.15) is 0 Å². The van der Waals surface area contributed by atoms with E-state index in [4.69, 9.17) is 5.73 Å². The Labute approximate surface area is 90.5 Å². The summed E-state index contributed by atoms with van der Waals surface area (Å²) in [5, 5.41) is 0. The molecule has 0 unspecified atom stereocenters. The molecule has 4 heteroatoms. The van der Waals surface area contributed by atoms with E-state index in [1.54, 1.807) is 0 Å². The van der Waals surface area contributed by atoms with Crippen molar-refractivity contribution in [3.8, 4) is 0 Å². The molecule has 1 saturated heterocycles. The Kier molecular flexibility index (Phi) is 3.16. The number of rotatable bonds is 2. The molecule has 0 radical (unpaired) electrons. The third-order valence-electron chi connectivity index (χ3n) is 2.84. The number of aryl methyl sites for hydroxylation is 1. The molecule has 2 heterocycles. The molecule has 15 heavy (non-hydrogen) atoms. The zero-order valence-electron chi connectivity index (χ0n) is 9.24. The van der Waals surface area contributed by atoms with Gasteiger partial charge in [0.15, 0.2) is 0 Å². The molecule has 0 amide bonds. The maximum absolute atomic E-state index is 5.70. The average molecular weight is 206 g/mol. The molecule has 0 atom stereocenters. The highest BCUT2D eigenvalue weighted by atomic mass is 15.2. The average Bonchev–Trinajstić information content (AvgIpc) is 2.30. The first-order valence-electron chi connectivity index (χ1n) is 5.59. The lowest BCUT2D eigenvalue weighted by molar-refractivity contribution is 0.570. The lowest BCUT2D eigenvalue weighted by atomic mass is 10.1. The molecule has 0 saturated carbocycles. The first-order chi connectivity index (χ1) is 7.31. The molecule has 2 rings (SSSR count). The summed E-state index contributed by atoms with van der Waals surface area (Å²) in [5.74, 6) is 1.87. The van der Waals surface area contributed by atoms with Crippen molar-refractivity contribution in [2.24, 2.45) is 5.73 Å². The molecule has 0 bridgehead atoms. The van der Waals surface area contributed by atoms with Crippen LogP contribution in [0.4, 0.5) is 5.82 Å². The second kappa shape index (κ2) is 4.57. The first-order valence-corrected chi connectivity index (χ1v) is 5.59. The van der Waals surface area contributed by atoms with Gasteiger partial charge in [0.1, 0.15) is 11.6 Å². The van der Waals surface area contributed by atoms with Crippen LogP contribution < -0.4 is 10.6 Å². The predicted molar refractivity (Wildman–Crippen MR) is 60.7 cm³/mol. The van der Waals surface area contributed by atoms with Crippen molar-refractivity contribution < 1.29 is 0 Å². The molecule has 1 aliphatic heterocycles. The van der Waals surface area contributed by atoms with Gasteiger partial charge in [-0.25, -0.2) is 9.97 Å². The molecule has 0 aromatic carbocycles. The second-order valence-electron chi connectivity index (χ2n) is 4.02. The molecule has 1 aromatic heterocycles. The van der Waals surface area contributed by atoms with Crippen LogP contribution in [0.1, 0.15) is 30.7 Å². The minimum Gasteiger partial charge on any atom is -0.356 e. The van der Waals surface area contributed by atoms with E-state index >= 15 is 0 Å². The molecular formula is C11H18N4. The van der Waals surface area contributed by atoms with Gasteiger partial charge < -0.3 is 10.6 Å². The van der Waals surface area contributed by atoms with Crippen LogP contribution in [0, 0.1) is 6.92 Å². The number of anilines is 1. The lowest BCUT2D eigenvalue weighted by Crippen LogP contribution is -2.31. The molecule has 0 aliphatic carbocycles. The number of piperidine rings is 1. The smallest absolute Gasteiger partial charge is 0.136 e. The van der Waals surface area contributed by atoms with Crippen molar-refractivity contribution in [3.05, 3.63) is 17.6 Å². The quantitative estimate of drug-likeness (QED) is 0.791. The number of aromatic nitrogens is 2. The third-order valence-corrected chi connectivity index (χ3v) is 2.84. The highest BCUT2D eigenvalue weighted by Crippen LogP contribution is 2.21. The minimum absolute atomic E-state index is 0.520. The van der Waals surface area contributed by atoms with Gasteiger partial charge in [0.05, 0.1) is 0 Å². The molecular weight excluding hydrogens is 188 g/mol. The van der Waals surface area contributed by atoms with Gasteiger partial charge in [-0.3, -0.25) is 0 Å². The number of nitrogens with two attached hydrogens (primary N) is 1. The topological polar surface area (TPSA) is 55.0 Å². The molecule has 82 valence electrons. The van der Waals surface area contributed by atoms with Crippen LogP contribution >= 0.6 is 0 Å². The van der Waals surface area contributed by atoms with Gasteiger partial charge >= 0.3 is 0 Å². The summed E-state index contributed by atoms with van der Waals surface area (Å²) in [4.78, 5) is 11.0. The van der Waals surface area contributed by atoms with Crippen LogP contribution in [0.25, 0.3) is 0 Å². The molecule has 2 N–H and O–H groups in total. The Morgan fingerprint density at radius 2 is 2.07 bits per heavy atom. The highest BCUT2D eigenvalue weighted by Gasteiger charge is 2.15. The molecule has 4 nitrogen and oxygen atoms in total. The molecule has 1 fully saturated rings. The highest BCUT2D eigenvalue weighted by molar-refractivity contribution is 5.46. The number of nitrogens with zero attached hydrogens (tertiary/aromatic N) is 3. The monoisotopic (exact) mass is 206 g/mol. The Bertz CT molecular complexity index is 331. The van der Waals surface area contributed by atoms with E-state index in [2.05, 4.69) is 14.9 Å². The van der Waals surface area contributed by atoms with E-state index < -0.39 is 0 Å². The summed E-state index contributed by atoms with van der Waals surface area (Å²) in [5.41, 5.74) is 6.76. The van der Waals surface area contributed by atoms with Crippen LogP contribution in [-0.4, -0.2) is 23.1 Å². The van der Waals surface area contributed by atoms with E-state index in [1.165, 1.54) is 19.3 Å². The summed E-state index contributed by atoms with van der Waals surface area (Å²) >= 11 is 0. The van der Waals surface area contributed by atoms with Gasteiger partial charge in [0.2, 0.25) is 0 Å². The van der Waals surface area contributed by atoms with E-state index in [-0.39, 0.29) is 0 Å². The Balaban J connectivity index is 2.27. The van der Waals surface area contributed by atoms with Crippen LogP contribution in [0.3, 0.4) is 0 Å². The van der Waals surface area contributed by atoms with E-state index in [9.17, 15) is 0 Å². The van der Waals surface area contributed by atoms with Crippen LogP contribution in [0.2, 0.25) is 0 Å². The van der Waals surface area contributed by atoms with Crippen molar-refractivity contribution in [2.75, 3.05) is 18.0 Å². The van der Waals surface area contributed by atoms with Gasteiger partial charge in [-0.05, 0) is 26.2 Å².